The van der Waals surface area contributed by atoms with Crippen LogP contribution in [0.1, 0.15) is 42.5 Å². The maximum Gasteiger partial charge on any atom is -0.0590 e. The van der Waals surface area contributed by atoms with Crippen molar-refractivity contribution in [3.63, 3.8) is 0 Å². The van der Waals surface area contributed by atoms with Gasteiger partial charge in [0.2, 0.25) is 0 Å². The van der Waals surface area contributed by atoms with Crippen LogP contribution in [0.3, 0.4) is 0 Å². The van der Waals surface area contributed by atoms with Crippen LogP contribution in [0.5, 0.6) is 0 Å². The van der Waals surface area contributed by atoms with Crippen molar-refractivity contribution in [3.8, 4) is 0 Å². The van der Waals surface area contributed by atoms with Crippen LogP contribution in [-0.4, -0.2) is 0 Å². The molecular formula is C6H20. The summed E-state index contributed by atoms with van der Waals surface area (Å²) in [6.07, 6.45) is 1.25. The smallest absolute Gasteiger partial charge is 0.0590 e. The Morgan fingerprint density at radius 1 is 0.833 bits per heavy atom. The first-order valence-electron chi connectivity index (χ1n) is 1.41. The molecular weight excluding hydrogens is 72.1 g/mol. The summed E-state index contributed by atoms with van der Waals surface area (Å²) >= 11 is 0. The summed E-state index contributed by atoms with van der Waals surface area (Å²) in [5, 5.41) is 0. The second-order valence-electron chi connectivity index (χ2n) is 0.707. The molecule has 0 nitrogen and oxygen atoms in total. The van der Waals surface area contributed by atoms with E-state index in [0.29, 0.717) is 0 Å². The number of rotatable bonds is 0. The summed E-state index contributed by atoms with van der Waals surface area (Å²) in [7, 11) is 0. The topological polar surface area (TPSA) is 0 Å². The maximum absolute atomic E-state index is 2.12. The van der Waals surface area contributed by atoms with Gasteiger partial charge in [-0.3, -0.25) is 0 Å². The second kappa shape index (κ2) is 80.0. The Hall–Kier alpha value is 0. The van der Waals surface area contributed by atoms with E-state index in [4.69, 9.17) is 0 Å². The van der Waals surface area contributed by atoms with Gasteiger partial charge in [-0.2, -0.15) is 0 Å². The Bertz CT molecular complexity index is 0. The molecule has 0 spiro atoms. The Morgan fingerprint density at radius 3 is 0.833 bits per heavy atom. The van der Waals surface area contributed by atoms with Crippen molar-refractivity contribution < 1.29 is 0 Å². The quantitative estimate of drug-likeness (QED) is 0.430. The third-order valence-corrected chi connectivity index (χ3v) is 0. The molecule has 0 radical (unpaired) electrons. The molecule has 0 atom stereocenters. The van der Waals surface area contributed by atoms with Gasteiger partial charge in [-0.25, -0.2) is 0 Å². The second-order valence-corrected chi connectivity index (χ2v) is 0.707. The molecule has 0 saturated carbocycles. The molecule has 0 N–H and O–H groups in total. The van der Waals surface area contributed by atoms with E-state index >= 15 is 0 Å². The Morgan fingerprint density at radius 2 is 0.833 bits per heavy atom. The van der Waals surface area contributed by atoms with Crippen LogP contribution < -0.4 is 0 Å². The lowest BCUT2D eigenvalue weighted by Gasteiger charge is -1.48. The molecule has 0 aliphatic rings. The van der Waals surface area contributed by atoms with E-state index in [9.17, 15) is 0 Å². The minimum Gasteiger partial charge on any atom is -0.0776 e. The van der Waals surface area contributed by atoms with Gasteiger partial charge < -0.3 is 0 Å². The molecule has 0 aliphatic heterocycles. The van der Waals surface area contributed by atoms with Gasteiger partial charge in [0.15, 0.2) is 0 Å². The van der Waals surface area contributed by atoms with E-state index in [1.807, 2.05) is 0 Å². The highest BCUT2D eigenvalue weighted by Gasteiger charge is 1.35. The first-order chi connectivity index (χ1) is 1.41. The standard InChI is InChI=1S/C3H8.3CH4/c1-3-2;;;/h3H2,1-2H3;3*1H4. The van der Waals surface area contributed by atoms with Crippen molar-refractivity contribution in [2.45, 2.75) is 42.5 Å². The zero-order valence-corrected chi connectivity index (χ0v) is 2.71. The summed E-state index contributed by atoms with van der Waals surface area (Å²) in [5.41, 5.74) is 0. The summed E-state index contributed by atoms with van der Waals surface area (Å²) in [6, 6.07) is 0. The van der Waals surface area contributed by atoms with Gasteiger partial charge in [-0.1, -0.05) is 42.5 Å². The van der Waals surface area contributed by atoms with Gasteiger partial charge in [-0.05, 0) is 0 Å². The van der Waals surface area contributed by atoms with Crippen molar-refractivity contribution in [2.75, 3.05) is 0 Å². The largest absolute Gasteiger partial charge is 0.0776 e. The predicted molar refractivity (Wildman–Crippen MR) is 36.2 cm³/mol. The lowest BCUT2D eigenvalue weighted by molar-refractivity contribution is 1.09. The molecule has 44 valence electrons. The van der Waals surface area contributed by atoms with Crippen LogP contribution in [0.15, 0.2) is 0 Å². The van der Waals surface area contributed by atoms with Crippen molar-refractivity contribution >= 4 is 0 Å². The maximum atomic E-state index is 2.12. The normalized spacial score (nSPS) is 3.00. The van der Waals surface area contributed by atoms with E-state index in [1.54, 1.807) is 0 Å². The van der Waals surface area contributed by atoms with Gasteiger partial charge in [0.25, 0.3) is 0 Å². The van der Waals surface area contributed by atoms with Gasteiger partial charge in [0.1, 0.15) is 0 Å². The molecule has 0 amide bonds. The Labute approximate surface area is 43.6 Å². The van der Waals surface area contributed by atoms with Crippen LogP contribution in [0.25, 0.3) is 0 Å². The summed E-state index contributed by atoms with van der Waals surface area (Å²) in [6.45, 7) is 4.25. The fraction of sp³-hybridized carbons (Fsp3) is 1.00. The molecule has 0 aromatic rings. The van der Waals surface area contributed by atoms with Gasteiger partial charge >= 0.3 is 0 Å². The van der Waals surface area contributed by atoms with Crippen LogP contribution in [0, 0.1) is 0 Å². The summed E-state index contributed by atoms with van der Waals surface area (Å²) in [4.78, 5) is 0. The van der Waals surface area contributed by atoms with E-state index in [2.05, 4.69) is 13.8 Å². The summed E-state index contributed by atoms with van der Waals surface area (Å²) < 4.78 is 0. The van der Waals surface area contributed by atoms with Crippen LogP contribution >= 0.6 is 0 Å². The van der Waals surface area contributed by atoms with Gasteiger partial charge in [0.05, 0.1) is 0 Å². The molecule has 0 aliphatic carbocycles. The highest BCUT2D eigenvalue weighted by molar-refractivity contribution is 3.92. The highest BCUT2D eigenvalue weighted by Crippen LogP contribution is 1.56. The molecule has 0 bridgehead atoms. The zero-order chi connectivity index (χ0) is 2.71. The van der Waals surface area contributed by atoms with E-state index in [-0.39, 0.29) is 22.3 Å². The lowest BCUT2D eigenvalue weighted by atomic mass is 10.6. The third-order valence-electron chi connectivity index (χ3n) is 0. The van der Waals surface area contributed by atoms with Crippen molar-refractivity contribution in [2.24, 2.45) is 0 Å². The molecule has 0 heterocycles. The molecule has 0 fully saturated rings. The fourth-order valence-corrected chi connectivity index (χ4v) is 0. The summed E-state index contributed by atoms with van der Waals surface area (Å²) in [5.74, 6) is 0. The minimum atomic E-state index is 0. The van der Waals surface area contributed by atoms with Crippen LogP contribution in [0.4, 0.5) is 0 Å². The fourth-order valence-electron chi connectivity index (χ4n) is 0. The average Bonchev–Trinajstić information content (AvgIpc) is 0.918. The van der Waals surface area contributed by atoms with Crippen LogP contribution in [0.2, 0.25) is 0 Å². The molecule has 0 saturated heterocycles. The van der Waals surface area contributed by atoms with Crippen molar-refractivity contribution in [1.82, 2.24) is 0 Å². The number of hydrogen-bond acceptors (Lipinski definition) is 0. The van der Waals surface area contributed by atoms with Gasteiger partial charge in [-0.15, -0.1) is 0 Å². The SMILES string of the molecule is C.C.C.CCC. The molecule has 6 heavy (non-hydrogen) atoms. The Kier molecular flexibility index (Phi) is 500. The molecule has 0 unspecified atom stereocenters. The van der Waals surface area contributed by atoms with Crippen molar-refractivity contribution in [1.29, 1.82) is 0 Å². The first-order valence-corrected chi connectivity index (χ1v) is 1.41. The first kappa shape index (κ1) is 37.5. The molecule has 0 rings (SSSR count). The lowest BCUT2D eigenvalue weighted by Crippen LogP contribution is -1.27. The monoisotopic (exact) mass is 92.2 g/mol. The predicted octanol–water partition coefficient (Wildman–Crippen LogP) is 3.32. The minimum absolute atomic E-state index is 0. The highest BCUT2D eigenvalue weighted by atomic mass is 13.4. The number of hydrogen-bond donors (Lipinski definition) is 0. The van der Waals surface area contributed by atoms with Crippen LogP contribution in [-0.2, 0) is 0 Å². The van der Waals surface area contributed by atoms with Crippen molar-refractivity contribution in [3.05, 3.63) is 0 Å². The van der Waals surface area contributed by atoms with Gasteiger partial charge in [0, 0.05) is 0 Å². The molecule has 0 heteroatoms. The molecule has 0 aromatic carbocycles. The molecule has 0 aromatic heterocycles. The zero-order valence-electron chi connectivity index (χ0n) is 2.71. The van der Waals surface area contributed by atoms with E-state index in [1.165, 1.54) is 6.42 Å². The third kappa shape index (κ3) is 0. The Balaban J connectivity index is -0.00000000667. The average molecular weight is 92.2 g/mol. The van der Waals surface area contributed by atoms with E-state index in [0.717, 1.165) is 0 Å². The van der Waals surface area contributed by atoms with E-state index < -0.39 is 0 Å².